The summed E-state index contributed by atoms with van der Waals surface area (Å²) in [5.41, 5.74) is 2.17. The molecule has 1 aliphatic rings. The highest BCUT2D eigenvalue weighted by Gasteiger charge is 2.29. The van der Waals surface area contributed by atoms with Gasteiger partial charge in [0.25, 0.3) is 5.91 Å². The standard InChI is InChI=1S/C15H23N3O2/c1-4-7-20-9-13-5-6-18(8-13)15(19)14-11(2)16-10-17-12(14)3/h10,13H,4-9H2,1-3H3. The number of carbonyl (C=O) groups is 1. The number of aromatic nitrogens is 2. The Hall–Kier alpha value is -1.49. The van der Waals surface area contributed by atoms with Crippen molar-refractivity contribution in [3.05, 3.63) is 23.3 Å². The van der Waals surface area contributed by atoms with Gasteiger partial charge in [-0.05, 0) is 26.7 Å². The fourth-order valence-electron chi connectivity index (χ4n) is 2.61. The van der Waals surface area contributed by atoms with Gasteiger partial charge in [0, 0.05) is 25.6 Å². The lowest BCUT2D eigenvalue weighted by Crippen LogP contribution is -2.31. The van der Waals surface area contributed by atoms with Crippen molar-refractivity contribution in [1.29, 1.82) is 0 Å². The largest absolute Gasteiger partial charge is 0.381 e. The quantitative estimate of drug-likeness (QED) is 0.772. The van der Waals surface area contributed by atoms with Gasteiger partial charge < -0.3 is 9.64 Å². The molecule has 0 N–H and O–H groups in total. The number of rotatable bonds is 5. The van der Waals surface area contributed by atoms with Crippen molar-refractivity contribution in [3.8, 4) is 0 Å². The molecule has 1 saturated heterocycles. The lowest BCUT2D eigenvalue weighted by atomic mass is 10.1. The molecule has 1 amide bonds. The Morgan fingerprint density at radius 3 is 2.75 bits per heavy atom. The smallest absolute Gasteiger partial charge is 0.257 e. The van der Waals surface area contributed by atoms with Gasteiger partial charge in [0.15, 0.2) is 0 Å². The highest BCUT2D eigenvalue weighted by atomic mass is 16.5. The van der Waals surface area contributed by atoms with Crippen molar-refractivity contribution >= 4 is 5.91 Å². The minimum atomic E-state index is 0.0543. The zero-order chi connectivity index (χ0) is 14.5. The second kappa shape index (κ2) is 6.79. The molecule has 1 unspecified atom stereocenters. The van der Waals surface area contributed by atoms with Crippen LogP contribution in [0.15, 0.2) is 6.33 Å². The van der Waals surface area contributed by atoms with Crippen LogP contribution in [-0.2, 0) is 4.74 Å². The normalized spacial score (nSPS) is 18.6. The summed E-state index contributed by atoms with van der Waals surface area (Å²) in [7, 11) is 0. The lowest BCUT2D eigenvalue weighted by molar-refractivity contribution is 0.0752. The van der Waals surface area contributed by atoms with E-state index in [1.165, 1.54) is 6.33 Å². The van der Waals surface area contributed by atoms with Crippen LogP contribution in [0.5, 0.6) is 0 Å². The van der Waals surface area contributed by atoms with Crippen molar-refractivity contribution in [2.45, 2.75) is 33.6 Å². The Morgan fingerprint density at radius 1 is 1.40 bits per heavy atom. The maximum absolute atomic E-state index is 12.6. The third-order valence-electron chi connectivity index (χ3n) is 3.72. The van der Waals surface area contributed by atoms with Crippen LogP contribution >= 0.6 is 0 Å². The van der Waals surface area contributed by atoms with E-state index in [0.29, 0.717) is 11.5 Å². The zero-order valence-corrected chi connectivity index (χ0v) is 12.6. The molecule has 0 radical (unpaired) electrons. The number of carbonyl (C=O) groups excluding carboxylic acids is 1. The second-order valence-electron chi connectivity index (χ2n) is 5.40. The predicted octanol–water partition coefficient (Wildman–Crippen LogP) is 1.98. The molecular weight excluding hydrogens is 254 g/mol. The first-order chi connectivity index (χ1) is 9.63. The van der Waals surface area contributed by atoms with Crippen LogP contribution in [0.3, 0.4) is 0 Å². The molecule has 1 fully saturated rings. The Balaban J connectivity index is 1.98. The number of hydrogen-bond donors (Lipinski definition) is 0. The molecule has 2 rings (SSSR count). The number of amides is 1. The topological polar surface area (TPSA) is 55.3 Å². The van der Waals surface area contributed by atoms with Crippen LogP contribution in [-0.4, -0.2) is 47.1 Å². The van der Waals surface area contributed by atoms with E-state index < -0.39 is 0 Å². The summed E-state index contributed by atoms with van der Waals surface area (Å²) >= 11 is 0. The summed E-state index contributed by atoms with van der Waals surface area (Å²) in [6, 6.07) is 0. The number of nitrogens with zero attached hydrogens (tertiary/aromatic N) is 3. The summed E-state index contributed by atoms with van der Waals surface area (Å²) in [5, 5.41) is 0. The van der Waals surface area contributed by atoms with Gasteiger partial charge in [0.05, 0.1) is 23.6 Å². The van der Waals surface area contributed by atoms with Gasteiger partial charge in [0.1, 0.15) is 6.33 Å². The Kier molecular flexibility index (Phi) is 5.06. The summed E-state index contributed by atoms with van der Waals surface area (Å²) in [6.07, 6.45) is 3.56. The molecule has 2 heterocycles. The fraction of sp³-hybridized carbons (Fsp3) is 0.667. The van der Waals surface area contributed by atoms with Crippen molar-refractivity contribution in [3.63, 3.8) is 0 Å². The van der Waals surface area contributed by atoms with Crippen LogP contribution in [0.4, 0.5) is 0 Å². The molecule has 0 aromatic carbocycles. The number of hydrogen-bond acceptors (Lipinski definition) is 4. The van der Waals surface area contributed by atoms with Crippen LogP contribution in [0.25, 0.3) is 0 Å². The molecule has 110 valence electrons. The van der Waals surface area contributed by atoms with E-state index in [-0.39, 0.29) is 5.91 Å². The number of ether oxygens (including phenoxy) is 1. The van der Waals surface area contributed by atoms with E-state index in [0.717, 1.165) is 50.5 Å². The van der Waals surface area contributed by atoms with Crippen LogP contribution in [0.1, 0.15) is 41.5 Å². The van der Waals surface area contributed by atoms with E-state index in [1.807, 2.05) is 18.7 Å². The number of aryl methyl sites for hydroxylation is 2. The lowest BCUT2D eigenvalue weighted by Gasteiger charge is -2.18. The first-order valence-electron chi connectivity index (χ1n) is 7.28. The Morgan fingerprint density at radius 2 is 2.10 bits per heavy atom. The second-order valence-corrected chi connectivity index (χ2v) is 5.40. The molecule has 0 saturated carbocycles. The van der Waals surface area contributed by atoms with E-state index in [1.54, 1.807) is 0 Å². The first kappa shape index (κ1) is 14.9. The van der Waals surface area contributed by atoms with E-state index in [9.17, 15) is 4.79 Å². The van der Waals surface area contributed by atoms with Gasteiger partial charge in [-0.1, -0.05) is 6.92 Å². The Bertz CT molecular complexity index is 456. The molecule has 5 heteroatoms. The van der Waals surface area contributed by atoms with E-state index >= 15 is 0 Å². The highest BCUT2D eigenvalue weighted by molar-refractivity contribution is 5.96. The molecule has 0 aliphatic carbocycles. The summed E-state index contributed by atoms with van der Waals surface area (Å²) in [4.78, 5) is 22.7. The van der Waals surface area contributed by atoms with Gasteiger partial charge >= 0.3 is 0 Å². The van der Waals surface area contributed by atoms with Crippen molar-refractivity contribution in [2.75, 3.05) is 26.3 Å². The first-order valence-corrected chi connectivity index (χ1v) is 7.28. The Labute approximate surface area is 120 Å². The van der Waals surface area contributed by atoms with Gasteiger partial charge in [-0.3, -0.25) is 4.79 Å². The van der Waals surface area contributed by atoms with Gasteiger partial charge in [0.2, 0.25) is 0 Å². The molecular formula is C15H23N3O2. The van der Waals surface area contributed by atoms with E-state index in [2.05, 4.69) is 16.9 Å². The average Bonchev–Trinajstić information content (AvgIpc) is 2.87. The summed E-state index contributed by atoms with van der Waals surface area (Å²) < 4.78 is 5.59. The van der Waals surface area contributed by atoms with Crippen molar-refractivity contribution < 1.29 is 9.53 Å². The molecule has 5 nitrogen and oxygen atoms in total. The zero-order valence-electron chi connectivity index (χ0n) is 12.6. The number of likely N-dealkylation sites (tertiary alicyclic amines) is 1. The highest BCUT2D eigenvalue weighted by Crippen LogP contribution is 2.21. The predicted molar refractivity (Wildman–Crippen MR) is 76.6 cm³/mol. The van der Waals surface area contributed by atoms with Crippen LogP contribution in [0.2, 0.25) is 0 Å². The molecule has 20 heavy (non-hydrogen) atoms. The third-order valence-corrected chi connectivity index (χ3v) is 3.72. The fourth-order valence-corrected chi connectivity index (χ4v) is 2.61. The summed E-state index contributed by atoms with van der Waals surface area (Å²) in [5.74, 6) is 0.509. The van der Waals surface area contributed by atoms with Gasteiger partial charge in [-0.25, -0.2) is 9.97 Å². The third kappa shape index (κ3) is 3.33. The van der Waals surface area contributed by atoms with Crippen molar-refractivity contribution in [2.24, 2.45) is 5.92 Å². The molecule has 1 atom stereocenters. The van der Waals surface area contributed by atoms with Gasteiger partial charge in [-0.15, -0.1) is 0 Å². The molecule has 0 spiro atoms. The SMILES string of the molecule is CCCOCC1CCN(C(=O)c2c(C)ncnc2C)C1. The molecule has 1 aromatic heterocycles. The van der Waals surface area contributed by atoms with Crippen molar-refractivity contribution in [1.82, 2.24) is 14.9 Å². The van der Waals surface area contributed by atoms with Gasteiger partial charge in [-0.2, -0.15) is 0 Å². The van der Waals surface area contributed by atoms with Crippen LogP contribution in [0, 0.1) is 19.8 Å². The maximum Gasteiger partial charge on any atom is 0.257 e. The monoisotopic (exact) mass is 277 g/mol. The minimum Gasteiger partial charge on any atom is -0.381 e. The molecule has 1 aromatic rings. The summed E-state index contributed by atoms with van der Waals surface area (Å²) in [6.45, 7) is 8.95. The minimum absolute atomic E-state index is 0.0543. The van der Waals surface area contributed by atoms with E-state index in [4.69, 9.17) is 4.74 Å². The average molecular weight is 277 g/mol. The van der Waals surface area contributed by atoms with Crippen LogP contribution < -0.4 is 0 Å². The maximum atomic E-state index is 12.6. The molecule has 1 aliphatic heterocycles. The molecule has 0 bridgehead atoms.